The molecule has 0 unspecified atom stereocenters. The smallest absolute Gasteiger partial charge is 0.145 e. The SMILES string of the molecule is C1=Cc2ccc(-c3ccc4c(c3)c3cccnc3n4-c3ccccc3)cc2-c2cc3oc4ccccc4c3cc2Oc2ccccc2-c2ccccc21. The van der Waals surface area contributed by atoms with E-state index in [-0.39, 0.29) is 0 Å². The lowest BCUT2D eigenvalue weighted by Crippen LogP contribution is -1.94. The van der Waals surface area contributed by atoms with Crippen LogP contribution in [0.1, 0.15) is 11.1 Å². The Kier molecular flexibility index (Phi) is 6.52. The molecule has 248 valence electrons. The van der Waals surface area contributed by atoms with Gasteiger partial charge < -0.3 is 9.15 Å². The number of rotatable bonds is 2. The van der Waals surface area contributed by atoms with Crippen molar-refractivity contribution in [3.63, 3.8) is 0 Å². The standard InChI is InChI=1S/C49H30N2O2/c1-2-12-35(13-3-1)51-44-25-24-34(28-41(44)39-17-10-26-50-49(39)51)33-23-22-32-21-20-31-11-4-5-14-36(31)37-15-6-8-18-45(37)52-48-29-42-38-16-7-9-19-46(38)53-47(42)30-43(48)40(32)27-33/h1-30H. The summed E-state index contributed by atoms with van der Waals surface area (Å²) in [6.45, 7) is 0. The van der Waals surface area contributed by atoms with Crippen molar-refractivity contribution in [1.29, 1.82) is 0 Å². The van der Waals surface area contributed by atoms with E-state index in [4.69, 9.17) is 14.1 Å². The molecule has 11 rings (SSSR count). The van der Waals surface area contributed by atoms with Crippen LogP contribution >= 0.6 is 0 Å². The Morgan fingerprint density at radius 3 is 2.09 bits per heavy atom. The first-order valence-electron chi connectivity index (χ1n) is 17.9. The van der Waals surface area contributed by atoms with Crippen molar-refractivity contribution >= 4 is 56.0 Å². The maximum Gasteiger partial charge on any atom is 0.145 e. The van der Waals surface area contributed by atoms with E-state index in [9.17, 15) is 0 Å². The van der Waals surface area contributed by atoms with Gasteiger partial charge in [0.1, 0.15) is 28.3 Å². The van der Waals surface area contributed by atoms with Crippen LogP contribution in [0.25, 0.3) is 95.1 Å². The minimum absolute atomic E-state index is 0.773. The summed E-state index contributed by atoms with van der Waals surface area (Å²) in [5.74, 6) is 1.57. The molecule has 4 heteroatoms. The third kappa shape index (κ3) is 4.73. The molecule has 7 aromatic carbocycles. The molecule has 0 saturated heterocycles. The molecule has 0 N–H and O–H groups in total. The number of ether oxygens (including phenoxy) is 1. The molecule has 4 nitrogen and oxygen atoms in total. The Morgan fingerprint density at radius 1 is 0.434 bits per heavy atom. The fraction of sp³-hybridized carbons (Fsp3) is 0. The molecule has 0 atom stereocenters. The van der Waals surface area contributed by atoms with Crippen LogP contribution in [0, 0.1) is 0 Å². The first kappa shape index (κ1) is 29.5. The monoisotopic (exact) mass is 678 g/mol. The molecule has 0 aliphatic carbocycles. The van der Waals surface area contributed by atoms with E-state index in [0.717, 1.165) is 106 Å². The third-order valence-electron chi connectivity index (χ3n) is 10.5. The molecular weight excluding hydrogens is 649 g/mol. The van der Waals surface area contributed by atoms with Gasteiger partial charge in [-0.2, -0.15) is 0 Å². The second kappa shape index (κ2) is 11.7. The summed E-state index contributed by atoms with van der Waals surface area (Å²) < 4.78 is 15.7. The third-order valence-corrected chi connectivity index (χ3v) is 10.5. The Bertz CT molecular complexity index is 3090. The predicted octanol–water partition coefficient (Wildman–Crippen LogP) is 13.4. The first-order valence-corrected chi connectivity index (χ1v) is 17.9. The van der Waals surface area contributed by atoms with E-state index < -0.39 is 0 Å². The van der Waals surface area contributed by atoms with E-state index in [2.05, 4.69) is 150 Å². The second-order valence-corrected chi connectivity index (χ2v) is 13.5. The highest BCUT2D eigenvalue weighted by Gasteiger charge is 2.21. The van der Waals surface area contributed by atoms with Gasteiger partial charge >= 0.3 is 0 Å². The Labute approximate surface area is 305 Å². The zero-order valence-corrected chi connectivity index (χ0v) is 28.5. The average Bonchev–Trinajstić information content (AvgIpc) is 3.74. The molecule has 4 heterocycles. The van der Waals surface area contributed by atoms with Crippen LogP contribution in [0.5, 0.6) is 11.5 Å². The number of hydrogen-bond donors (Lipinski definition) is 0. The highest BCUT2D eigenvalue weighted by atomic mass is 16.5. The summed E-state index contributed by atoms with van der Waals surface area (Å²) in [6, 6.07) is 57.4. The lowest BCUT2D eigenvalue weighted by Gasteiger charge is -2.17. The lowest BCUT2D eigenvalue weighted by atomic mass is 9.92. The van der Waals surface area contributed by atoms with Gasteiger partial charge in [-0.3, -0.25) is 4.57 Å². The van der Waals surface area contributed by atoms with Gasteiger partial charge in [-0.25, -0.2) is 4.98 Å². The molecular formula is C49H30N2O2. The molecule has 3 aromatic heterocycles. The largest absolute Gasteiger partial charge is 0.456 e. The van der Waals surface area contributed by atoms with Crippen LogP contribution in [0.3, 0.4) is 0 Å². The van der Waals surface area contributed by atoms with Crippen LogP contribution < -0.4 is 4.74 Å². The summed E-state index contributed by atoms with van der Waals surface area (Å²) in [5.41, 5.74) is 13.4. The molecule has 0 fully saturated rings. The topological polar surface area (TPSA) is 40.2 Å². The number of benzene rings is 7. The van der Waals surface area contributed by atoms with Gasteiger partial charge in [-0.15, -0.1) is 0 Å². The maximum absolute atomic E-state index is 7.03. The van der Waals surface area contributed by atoms with Gasteiger partial charge in [0.2, 0.25) is 0 Å². The normalized spacial score (nSPS) is 12.2. The van der Waals surface area contributed by atoms with E-state index >= 15 is 0 Å². The zero-order valence-electron chi connectivity index (χ0n) is 28.5. The Morgan fingerprint density at radius 2 is 1.17 bits per heavy atom. The number of fused-ring (bicyclic) bond motifs is 12. The van der Waals surface area contributed by atoms with E-state index in [1.54, 1.807) is 0 Å². The van der Waals surface area contributed by atoms with Gasteiger partial charge in [0.15, 0.2) is 0 Å². The van der Waals surface area contributed by atoms with Crippen molar-refractivity contribution in [1.82, 2.24) is 9.55 Å². The fourth-order valence-corrected chi connectivity index (χ4v) is 7.99. The van der Waals surface area contributed by atoms with E-state index in [1.807, 2.05) is 36.5 Å². The fourth-order valence-electron chi connectivity index (χ4n) is 7.99. The molecule has 1 aliphatic rings. The molecule has 10 aromatic rings. The lowest BCUT2D eigenvalue weighted by molar-refractivity contribution is 0.487. The highest BCUT2D eigenvalue weighted by Crippen LogP contribution is 2.46. The van der Waals surface area contributed by atoms with Crippen molar-refractivity contribution in [3.05, 3.63) is 181 Å². The molecule has 0 bridgehead atoms. The van der Waals surface area contributed by atoms with Gasteiger partial charge in [0, 0.05) is 44.6 Å². The summed E-state index contributed by atoms with van der Waals surface area (Å²) in [6.07, 6.45) is 6.31. The number of furan rings is 1. The first-order chi connectivity index (χ1) is 26.3. The van der Waals surface area contributed by atoms with Crippen molar-refractivity contribution in [2.45, 2.75) is 0 Å². The molecule has 0 amide bonds. The van der Waals surface area contributed by atoms with Crippen LogP contribution in [-0.2, 0) is 0 Å². The summed E-state index contributed by atoms with van der Waals surface area (Å²) in [4.78, 5) is 4.83. The van der Waals surface area contributed by atoms with Crippen molar-refractivity contribution in [2.75, 3.05) is 0 Å². The number of hydrogen-bond acceptors (Lipinski definition) is 3. The summed E-state index contributed by atoms with van der Waals surface area (Å²) in [5, 5.41) is 4.36. The minimum Gasteiger partial charge on any atom is -0.456 e. The van der Waals surface area contributed by atoms with E-state index in [1.165, 1.54) is 0 Å². The van der Waals surface area contributed by atoms with Crippen LogP contribution in [0.2, 0.25) is 0 Å². The quantitative estimate of drug-likeness (QED) is 0.183. The van der Waals surface area contributed by atoms with Crippen LogP contribution in [0.4, 0.5) is 0 Å². The number of pyridine rings is 1. The number of para-hydroxylation sites is 3. The van der Waals surface area contributed by atoms with E-state index in [0.29, 0.717) is 0 Å². The van der Waals surface area contributed by atoms with Crippen LogP contribution in [0.15, 0.2) is 174 Å². The van der Waals surface area contributed by atoms with Gasteiger partial charge in [0.05, 0.1) is 5.52 Å². The van der Waals surface area contributed by atoms with Gasteiger partial charge in [-0.1, -0.05) is 109 Å². The Balaban J connectivity index is 1.16. The summed E-state index contributed by atoms with van der Waals surface area (Å²) >= 11 is 0. The highest BCUT2D eigenvalue weighted by molar-refractivity contribution is 6.10. The minimum atomic E-state index is 0.773. The Hall–Kier alpha value is -7.17. The second-order valence-electron chi connectivity index (χ2n) is 13.5. The van der Waals surface area contributed by atoms with Gasteiger partial charge in [-0.05, 0) is 100 Å². The molecule has 1 aliphatic heterocycles. The van der Waals surface area contributed by atoms with Crippen LogP contribution in [-0.4, -0.2) is 9.55 Å². The molecule has 0 radical (unpaired) electrons. The maximum atomic E-state index is 7.03. The average molecular weight is 679 g/mol. The predicted molar refractivity (Wildman–Crippen MR) is 218 cm³/mol. The van der Waals surface area contributed by atoms with Gasteiger partial charge in [0.25, 0.3) is 0 Å². The zero-order chi connectivity index (χ0) is 34.9. The molecule has 53 heavy (non-hydrogen) atoms. The number of nitrogens with zero attached hydrogens (tertiary/aromatic N) is 2. The molecule has 0 spiro atoms. The molecule has 0 saturated carbocycles. The van der Waals surface area contributed by atoms with Crippen molar-refractivity contribution < 1.29 is 9.15 Å². The summed E-state index contributed by atoms with van der Waals surface area (Å²) in [7, 11) is 0. The van der Waals surface area contributed by atoms with Crippen molar-refractivity contribution in [2.24, 2.45) is 0 Å². The van der Waals surface area contributed by atoms with Crippen molar-refractivity contribution in [3.8, 4) is 50.6 Å². The number of aromatic nitrogens is 2.